The number of carbonyl (C=O) groups is 2. The minimum Gasteiger partial charge on any atom is -0.396 e. The summed E-state index contributed by atoms with van der Waals surface area (Å²) >= 11 is 0. The second kappa shape index (κ2) is 9.77. The van der Waals surface area contributed by atoms with E-state index < -0.39 is 0 Å². The van der Waals surface area contributed by atoms with Gasteiger partial charge in [-0.15, -0.1) is 0 Å². The Kier molecular flexibility index (Phi) is 8.35. The highest BCUT2D eigenvalue weighted by atomic mass is 16.3. The number of unbranched alkanes of at least 4 members (excludes halogenated alkanes) is 1. The van der Waals surface area contributed by atoms with Crippen LogP contribution in [-0.4, -0.2) is 59.0 Å². The molecule has 0 spiro atoms. The molecule has 1 aliphatic heterocycles. The third kappa shape index (κ3) is 5.30. The number of hydrogen-bond donors (Lipinski definition) is 1. The average Bonchev–Trinajstić information content (AvgIpc) is 2.51. The smallest absolute Gasteiger partial charge is 0.312 e. The number of carbonyl (C=O) groups excluding carboxylic acids is 2. The van der Waals surface area contributed by atoms with Crippen LogP contribution < -0.4 is 0 Å². The molecule has 0 bridgehead atoms. The molecule has 122 valence electrons. The molecule has 0 aromatic rings. The Hall–Kier alpha value is -1.10. The van der Waals surface area contributed by atoms with Crippen LogP contribution in [0.25, 0.3) is 0 Å². The van der Waals surface area contributed by atoms with Gasteiger partial charge in [-0.3, -0.25) is 9.59 Å². The number of aliphatic hydroxyl groups is 1. The molecule has 5 nitrogen and oxygen atoms in total. The maximum Gasteiger partial charge on any atom is 0.312 e. The maximum atomic E-state index is 12.5. The number of nitrogens with zero attached hydrogens (tertiary/aromatic N) is 2. The van der Waals surface area contributed by atoms with Crippen LogP contribution in [0.5, 0.6) is 0 Å². The highest BCUT2D eigenvalue weighted by Gasteiger charge is 2.32. The Bertz CT molecular complexity index is 331. The second-order valence-electron chi connectivity index (χ2n) is 5.81. The third-order valence-electron chi connectivity index (χ3n) is 4.10. The summed E-state index contributed by atoms with van der Waals surface area (Å²) in [5.74, 6) is -0.743. The minimum atomic E-state index is -0.377. The van der Waals surface area contributed by atoms with Crippen molar-refractivity contribution >= 4 is 11.8 Å². The van der Waals surface area contributed by atoms with Gasteiger partial charge in [0.2, 0.25) is 0 Å². The molecule has 0 aliphatic carbocycles. The van der Waals surface area contributed by atoms with Crippen LogP contribution in [0.1, 0.15) is 58.8 Å². The average molecular weight is 298 g/mol. The second-order valence-corrected chi connectivity index (χ2v) is 5.81. The summed E-state index contributed by atoms with van der Waals surface area (Å²) in [6.45, 7) is 6.11. The SMILES string of the molecule is CCCCN(CCC)C(=O)C(=O)N1CCCCC1CCO. The largest absolute Gasteiger partial charge is 0.396 e. The van der Waals surface area contributed by atoms with Crippen molar-refractivity contribution < 1.29 is 14.7 Å². The van der Waals surface area contributed by atoms with Gasteiger partial charge >= 0.3 is 11.8 Å². The molecule has 1 rings (SSSR count). The first kappa shape index (κ1) is 18.0. The molecule has 0 aromatic heterocycles. The zero-order chi connectivity index (χ0) is 15.7. The molecule has 1 aliphatic rings. The number of amides is 2. The fourth-order valence-electron chi connectivity index (χ4n) is 2.91. The van der Waals surface area contributed by atoms with Crippen molar-refractivity contribution in [3.8, 4) is 0 Å². The molecule has 1 heterocycles. The van der Waals surface area contributed by atoms with Crippen molar-refractivity contribution in [3.05, 3.63) is 0 Å². The van der Waals surface area contributed by atoms with Gasteiger partial charge in [0.1, 0.15) is 0 Å². The number of piperidine rings is 1. The molecule has 5 heteroatoms. The van der Waals surface area contributed by atoms with Crippen LogP contribution in [0.15, 0.2) is 0 Å². The molecular weight excluding hydrogens is 268 g/mol. The van der Waals surface area contributed by atoms with E-state index in [2.05, 4.69) is 6.92 Å². The summed E-state index contributed by atoms with van der Waals surface area (Å²) < 4.78 is 0. The molecule has 1 atom stereocenters. The van der Waals surface area contributed by atoms with E-state index in [0.717, 1.165) is 38.5 Å². The highest BCUT2D eigenvalue weighted by molar-refractivity contribution is 6.35. The highest BCUT2D eigenvalue weighted by Crippen LogP contribution is 2.20. The van der Waals surface area contributed by atoms with E-state index in [0.29, 0.717) is 26.1 Å². The van der Waals surface area contributed by atoms with E-state index in [1.165, 1.54) is 0 Å². The molecule has 21 heavy (non-hydrogen) atoms. The Balaban J connectivity index is 2.70. The molecule has 0 saturated carbocycles. The molecule has 0 aromatic carbocycles. The topological polar surface area (TPSA) is 60.9 Å². The number of likely N-dealkylation sites (tertiary alicyclic amines) is 1. The van der Waals surface area contributed by atoms with Gasteiger partial charge in [-0.2, -0.15) is 0 Å². The van der Waals surface area contributed by atoms with E-state index in [-0.39, 0.29) is 24.5 Å². The van der Waals surface area contributed by atoms with Gasteiger partial charge in [-0.1, -0.05) is 20.3 Å². The molecule has 1 saturated heterocycles. The van der Waals surface area contributed by atoms with Crippen molar-refractivity contribution in [1.29, 1.82) is 0 Å². The molecule has 1 fully saturated rings. The van der Waals surface area contributed by atoms with Crippen LogP contribution in [0, 0.1) is 0 Å². The van der Waals surface area contributed by atoms with Gasteiger partial charge in [0, 0.05) is 32.3 Å². The molecule has 0 radical (unpaired) electrons. The predicted octanol–water partition coefficient (Wildman–Crippen LogP) is 1.79. The Morgan fingerprint density at radius 2 is 1.95 bits per heavy atom. The monoisotopic (exact) mass is 298 g/mol. The van der Waals surface area contributed by atoms with Crippen molar-refractivity contribution in [2.45, 2.75) is 64.8 Å². The van der Waals surface area contributed by atoms with E-state index in [1.807, 2.05) is 6.92 Å². The standard InChI is InChI=1S/C16H30N2O3/c1-3-5-11-17(10-4-2)15(20)16(21)18-12-7-6-8-14(18)9-13-19/h14,19H,3-13H2,1-2H3. The summed E-state index contributed by atoms with van der Waals surface area (Å²) in [5, 5.41) is 9.13. The Morgan fingerprint density at radius 1 is 1.19 bits per heavy atom. The van der Waals surface area contributed by atoms with E-state index in [4.69, 9.17) is 5.11 Å². The number of hydrogen-bond acceptors (Lipinski definition) is 3. The summed E-state index contributed by atoms with van der Waals surface area (Å²) in [6.07, 6.45) is 6.28. The van der Waals surface area contributed by atoms with Crippen LogP contribution in [0.3, 0.4) is 0 Å². The molecular formula is C16H30N2O3. The number of rotatable bonds is 7. The summed E-state index contributed by atoms with van der Waals surface area (Å²) in [7, 11) is 0. The third-order valence-corrected chi connectivity index (χ3v) is 4.10. The van der Waals surface area contributed by atoms with Crippen LogP contribution >= 0.6 is 0 Å². The number of aliphatic hydroxyl groups excluding tert-OH is 1. The molecule has 2 amide bonds. The molecule has 1 unspecified atom stereocenters. The van der Waals surface area contributed by atoms with Gasteiger partial charge in [0.05, 0.1) is 0 Å². The lowest BCUT2D eigenvalue weighted by molar-refractivity contribution is -0.154. The van der Waals surface area contributed by atoms with Crippen LogP contribution in [0.4, 0.5) is 0 Å². The maximum absolute atomic E-state index is 12.5. The normalized spacial score (nSPS) is 18.6. The van der Waals surface area contributed by atoms with Crippen LogP contribution in [-0.2, 0) is 9.59 Å². The zero-order valence-corrected chi connectivity index (χ0v) is 13.5. The van der Waals surface area contributed by atoms with E-state index >= 15 is 0 Å². The Labute approximate surface area is 128 Å². The van der Waals surface area contributed by atoms with Gasteiger partial charge < -0.3 is 14.9 Å². The van der Waals surface area contributed by atoms with E-state index in [9.17, 15) is 9.59 Å². The first-order valence-corrected chi connectivity index (χ1v) is 8.36. The predicted molar refractivity (Wildman–Crippen MR) is 82.8 cm³/mol. The lowest BCUT2D eigenvalue weighted by Gasteiger charge is -2.36. The van der Waals surface area contributed by atoms with Crippen molar-refractivity contribution in [3.63, 3.8) is 0 Å². The fourth-order valence-corrected chi connectivity index (χ4v) is 2.91. The summed E-state index contributed by atoms with van der Waals surface area (Å²) in [6, 6.07) is 0.0230. The Morgan fingerprint density at radius 3 is 2.57 bits per heavy atom. The fraction of sp³-hybridized carbons (Fsp3) is 0.875. The van der Waals surface area contributed by atoms with Gasteiger partial charge in [-0.05, 0) is 38.5 Å². The lowest BCUT2D eigenvalue weighted by atomic mass is 9.99. The summed E-state index contributed by atoms with van der Waals surface area (Å²) in [4.78, 5) is 28.4. The van der Waals surface area contributed by atoms with E-state index in [1.54, 1.807) is 9.80 Å². The van der Waals surface area contributed by atoms with Crippen molar-refractivity contribution in [2.75, 3.05) is 26.2 Å². The van der Waals surface area contributed by atoms with Gasteiger partial charge in [-0.25, -0.2) is 0 Å². The van der Waals surface area contributed by atoms with Crippen molar-refractivity contribution in [1.82, 2.24) is 9.80 Å². The molecule has 1 N–H and O–H groups in total. The van der Waals surface area contributed by atoms with Crippen molar-refractivity contribution in [2.24, 2.45) is 0 Å². The van der Waals surface area contributed by atoms with Crippen LogP contribution in [0.2, 0.25) is 0 Å². The quantitative estimate of drug-likeness (QED) is 0.729. The lowest BCUT2D eigenvalue weighted by Crippen LogP contribution is -2.51. The first-order chi connectivity index (χ1) is 10.2. The minimum absolute atomic E-state index is 0.0230. The summed E-state index contributed by atoms with van der Waals surface area (Å²) in [5.41, 5.74) is 0. The zero-order valence-electron chi connectivity index (χ0n) is 13.5. The van der Waals surface area contributed by atoms with Gasteiger partial charge in [0.25, 0.3) is 0 Å². The van der Waals surface area contributed by atoms with Gasteiger partial charge in [0.15, 0.2) is 0 Å². The first-order valence-electron chi connectivity index (χ1n) is 8.36.